The van der Waals surface area contributed by atoms with Gasteiger partial charge in [-0.15, -0.1) is 0 Å². The number of allylic oxidation sites excluding steroid dienone is 1. The average Bonchev–Trinajstić information content (AvgIpc) is 2.65. The minimum atomic E-state index is -0.496. The zero-order valence-corrected chi connectivity index (χ0v) is 15.8. The lowest BCUT2D eigenvalue weighted by Gasteiger charge is -2.29. The van der Waals surface area contributed by atoms with Crippen LogP contribution in [-0.2, 0) is 0 Å². The third kappa shape index (κ3) is 3.82. The van der Waals surface area contributed by atoms with Gasteiger partial charge in [0.25, 0.3) is 0 Å². The molecule has 0 bridgehead atoms. The van der Waals surface area contributed by atoms with Crippen molar-refractivity contribution in [2.75, 3.05) is 14.2 Å². The number of phenols is 1. The number of rotatable bonds is 5. The molecule has 0 aromatic heterocycles. The van der Waals surface area contributed by atoms with E-state index in [0.29, 0.717) is 11.3 Å². The van der Waals surface area contributed by atoms with Crippen molar-refractivity contribution >= 4 is 17.9 Å². The Labute approximate surface area is 158 Å². The van der Waals surface area contributed by atoms with Gasteiger partial charge in [-0.2, -0.15) is 0 Å². The number of carbonyl (C=O) groups is 1. The smallest absolute Gasteiger partial charge is 0.193 e. The Bertz CT molecular complexity index is 921. The molecule has 1 aliphatic heterocycles. The van der Waals surface area contributed by atoms with Crippen molar-refractivity contribution in [1.29, 1.82) is 0 Å². The molecule has 0 saturated heterocycles. The van der Waals surface area contributed by atoms with Gasteiger partial charge in [0.05, 0.1) is 19.8 Å². The van der Waals surface area contributed by atoms with E-state index in [2.05, 4.69) is 0 Å². The first-order valence-corrected chi connectivity index (χ1v) is 8.53. The summed E-state index contributed by atoms with van der Waals surface area (Å²) in [5.41, 5.74) is 0.917. The van der Waals surface area contributed by atoms with E-state index in [9.17, 15) is 9.90 Å². The van der Waals surface area contributed by atoms with E-state index in [-0.39, 0.29) is 22.8 Å². The Kier molecular flexibility index (Phi) is 4.95. The van der Waals surface area contributed by atoms with Gasteiger partial charge in [-0.25, -0.2) is 0 Å². The highest BCUT2D eigenvalue weighted by Crippen LogP contribution is 2.43. The number of hydrogen-bond acceptors (Lipinski definition) is 5. The molecule has 0 atom stereocenters. The van der Waals surface area contributed by atoms with Gasteiger partial charge in [0.2, 0.25) is 0 Å². The molecule has 2 aromatic rings. The highest BCUT2D eigenvalue weighted by atomic mass is 16.5. The standard InChI is InChI=1S/C22H22O5/c1-22(2)12-11-16-18(27-22)13-19(26-4)20(21(16)24)17(23)10-7-14-5-8-15(25-3)9-6-14/h5-13,24H,1-4H3. The summed E-state index contributed by atoms with van der Waals surface area (Å²) in [6.45, 7) is 3.82. The second-order valence-electron chi connectivity index (χ2n) is 6.72. The summed E-state index contributed by atoms with van der Waals surface area (Å²) in [7, 11) is 3.05. The first-order valence-electron chi connectivity index (χ1n) is 8.53. The first kappa shape index (κ1) is 18.6. The van der Waals surface area contributed by atoms with Crippen molar-refractivity contribution in [2.24, 2.45) is 0 Å². The number of fused-ring (bicyclic) bond motifs is 1. The number of aromatic hydroxyl groups is 1. The van der Waals surface area contributed by atoms with Crippen LogP contribution < -0.4 is 14.2 Å². The fourth-order valence-corrected chi connectivity index (χ4v) is 2.85. The summed E-state index contributed by atoms with van der Waals surface area (Å²) >= 11 is 0. The molecule has 5 heteroatoms. The molecule has 140 valence electrons. The summed E-state index contributed by atoms with van der Waals surface area (Å²) in [5, 5.41) is 10.7. The Morgan fingerprint density at radius 1 is 1.15 bits per heavy atom. The van der Waals surface area contributed by atoms with Crippen LogP contribution in [0.2, 0.25) is 0 Å². The number of ketones is 1. The summed E-state index contributed by atoms with van der Waals surface area (Å²) in [5.74, 6) is 0.970. The van der Waals surface area contributed by atoms with Crippen molar-refractivity contribution < 1.29 is 24.1 Å². The zero-order valence-electron chi connectivity index (χ0n) is 15.8. The van der Waals surface area contributed by atoms with Crippen LogP contribution in [0.25, 0.3) is 12.2 Å². The lowest BCUT2D eigenvalue weighted by atomic mass is 9.97. The maximum absolute atomic E-state index is 12.7. The van der Waals surface area contributed by atoms with Gasteiger partial charge in [0.15, 0.2) is 5.78 Å². The molecule has 0 saturated carbocycles. The first-order chi connectivity index (χ1) is 12.8. The van der Waals surface area contributed by atoms with Gasteiger partial charge in [-0.05, 0) is 49.8 Å². The maximum Gasteiger partial charge on any atom is 0.193 e. The summed E-state index contributed by atoms with van der Waals surface area (Å²) < 4.78 is 16.3. The number of carbonyl (C=O) groups excluding carboxylic acids is 1. The van der Waals surface area contributed by atoms with E-state index < -0.39 is 5.60 Å². The number of phenolic OH excluding ortho intramolecular Hbond substituents is 1. The van der Waals surface area contributed by atoms with Gasteiger partial charge in [-0.1, -0.05) is 18.2 Å². The predicted octanol–water partition coefficient (Wildman–Crippen LogP) is 4.49. The second kappa shape index (κ2) is 7.19. The van der Waals surface area contributed by atoms with E-state index in [1.165, 1.54) is 13.2 Å². The fourth-order valence-electron chi connectivity index (χ4n) is 2.85. The molecule has 27 heavy (non-hydrogen) atoms. The van der Waals surface area contributed by atoms with Crippen molar-refractivity contribution in [3.05, 3.63) is 59.2 Å². The van der Waals surface area contributed by atoms with Gasteiger partial charge < -0.3 is 19.3 Å². The van der Waals surface area contributed by atoms with Crippen LogP contribution in [0.5, 0.6) is 23.0 Å². The van der Waals surface area contributed by atoms with Crippen molar-refractivity contribution in [2.45, 2.75) is 19.4 Å². The Morgan fingerprint density at radius 2 is 1.85 bits per heavy atom. The Hall–Kier alpha value is -3.21. The van der Waals surface area contributed by atoms with Crippen LogP contribution in [0.1, 0.15) is 35.3 Å². The molecule has 1 aliphatic rings. The van der Waals surface area contributed by atoms with Crippen LogP contribution in [-0.4, -0.2) is 30.7 Å². The van der Waals surface area contributed by atoms with Crippen molar-refractivity contribution in [3.63, 3.8) is 0 Å². The highest BCUT2D eigenvalue weighted by molar-refractivity contribution is 6.11. The summed E-state index contributed by atoms with van der Waals surface area (Å²) in [6, 6.07) is 8.93. The maximum atomic E-state index is 12.7. The molecule has 0 fully saturated rings. The van der Waals surface area contributed by atoms with E-state index in [1.807, 2.05) is 44.2 Å². The third-order valence-corrected chi connectivity index (χ3v) is 4.30. The van der Waals surface area contributed by atoms with Gasteiger partial charge in [-0.3, -0.25) is 4.79 Å². The fraction of sp³-hybridized carbons (Fsp3) is 0.227. The minimum Gasteiger partial charge on any atom is -0.506 e. The van der Waals surface area contributed by atoms with Crippen LogP contribution in [0.15, 0.2) is 42.5 Å². The predicted molar refractivity (Wildman–Crippen MR) is 105 cm³/mol. The van der Waals surface area contributed by atoms with Crippen molar-refractivity contribution in [1.82, 2.24) is 0 Å². The number of ether oxygens (including phenoxy) is 3. The summed E-state index contributed by atoms with van der Waals surface area (Å²) in [6.07, 6.45) is 6.68. The van der Waals surface area contributed by atoms with Crippen LogP contribution >= 0.6 is 0 Å². The lowest BCUT2D eigenvalue weighted by molar-refractivity contribution is 0.104. The van der Waals surface area contributed by atoms with Crippen molar-refractivity contribution in [3.8, 4) is 23.0 Å². The lowest BCUT2D eigenvalue weighted by Crippen LogP contribution is -2.27. The Balaban J connectivity index is 1.95. The zero-order chi connectivity index (χ0) is 19.6. The number of benzene rings is 2. The molecule has 1 N–H and O–H groups in total. The third-order valence-electron chi connectivity index (χ3n) is 4.30. The van der Waals surface area contributed by atoms with Gasteiger partial charge >= 0.3 is 0 Å². The molecule has 2 aromatic carbocycles. The molecule has 1 heterocycles. The topological polar surface area (TPSA) is 65.0 Å². The SMILES string of the molecule is COc1ccc(C=CC(=O)c2c(OC)cc3c(c2O)C=CC(C)(C)O3)cc1. The van der Waals surface area contributed by atoms with E-state index in [4.69, 9.17) is 14.2 Å². The largest absolute Gasteiger partial charge is 0.506 e. The van der Waals surface area contributed by atoms with Gasteiger partial charge in [0, 0.05) is 6.07 Å². The molecule has 0 amide bonds. The molecule has 0 radical (unpaired) electrons. The molecule has 0 unspecified atom stereocenters. The van der Waals surface area contributed by atoms with Crippen LogP contribution in [0.3, 0.4) is 0 Å². The van der Waals surface area contributed by atoms with E-state index in [1.54, 1.807) is 25.3 Å². The quantitative estimate of drug-likeness (QED) is 0.624. The second-order valence-corrected chi connectivity index (χ2v) is 6.72. The Morgan fingerprint density at radius 3 is 2.48 bits per heavy atom. The number of hydrogen-bond donors (Lipinski definition) is 1. The normalized spacial score (nSPS) is 14.5. The number of methoxy groups -OCH3 is 2. The molecule has 5 nitrogen and oxygen atoms in total. The van der Waals surface area contributed by atoms with E-state index >= 15 is 0 Å². The minimum absolute atomic E-state index is 0.106. The van der Waals surface area contributed by atoms with Gasteiger partial charge in [0.1, 0.15) is 34.2 Å². The molecule has 3 rings (SSSR count). The molecule has 0 spiro atoms. The monoisotopic (exact) mass is 366 g/mol. The van der Waals surface area contributed by atoms with E-state index in [0.717, 1.165) is 11.3 Å². The molecular weight excluding hydrogens is 344 g/mol. The highest BCUT2D eigenvalue weighted by Gasteiger charge is 2.28. The van der Waals surface area contributed by atoms with Crippen LogP contribution in [0.4, 0.5) is 0 Å². The molecular formula is C22H22O5. The average molecular weight is 366 g/mol. The summed E-state index contributed by atoms with van der Waals surface area (Å²) in [4.78, 5) is 12.7. The molecule has 0 aliphatic carbocycles. The van der Waals surface area contributed by atoms with Crippen LogP contribution in [0, 0.1) is 0 Å².